The smallest absolute Gasteiger partial charge is 0.295 e. The van der Waals surface area contributed by atoms with Crippen LogP contribution in [0.25, 0.3) is 5.82 Å². The summed E-state index contributed by atoms with van der Waals surface area (Å²) >= 11 is 0. The second kappa shape index (κ2) is 3.56. The van der Waals surface area contributed by atoms with E-state index in [0.717, 1.165) is 5.69 Å². The van der Waals surface area contributed by atoms with Gasteiger partial charge in [0.15, 0.2) is 0 Å². The van der Waals surface area contributed by atoms with Gasteiger partial charge in [-0.25, -0.2) is 9.67 Å². The van der Waals surface area contributed by atoms with Crippen molar-refractivity contribution in [3.63, 3.8) is 0 Å². The summed E-state index contributed by atoms with van der Waals surface area (Å²) < 4.78 is 6.48. The molecule has 2 heterocycles. The number of aryl methyl sites for hydroxylation is 1. The lowest BCUT2D eigenvalue weighted by molar-refractivity contribution is 0.402. The van der Waals surface area contributed by atoms with E-state index in [9.17, 15) is 4.79 Å². The molecule has 6 heteroatoms. The molecule has 0 unspecified atom stereocenters. The molecule has 2 aromatic rings. The van der Waals surface area contributed by atoms with Crippen LogP contribution in [0.1, 0.15) is 5.69 Å². The first-order valence-electron chi connectivity index (χ1n) is 4.36. The summed E-state index contributed by atoms with van der Waals surface area (Å²) in [6, 6.07) is 1.82. The van der Waals surface area contributed by atoms with Gasteiger partial charge in [-0.05, 0) is 13.0 Å². The molecule has 0 atom stereocenters. The molecular formula is C9H10N4O2. The van der Waals surface area contributed by atoms with Gasteiger partial charge in [-0.2, -0.15) is 5.10 Å². The predicted molar refractivity (Wildman–Crippen MR) is 53.3 cm³/mol. The van der Waals surface area contributed by atoms with Crippen molar-refractivity contribution >= 4 is 0 Å². The molecule has 0 fully saturated rings. The van der Waals surface area contributed by atoms with Crippen molar-refractivity contribution in [3.8, 4) is 11.6 Å². The van der Waals surface area contributed by atoms with Crippen LogP contribution in [-0.4, -0.2) is 26.9 Å². The van der Waals surface area contributed by atoms with Gasteiger partial charge in [0.2, 0.25) is 11.6 Å². The van der Waals surface area contributed by atoms with E-state index in [1.807, 2.05) is 13.0 Å². The lowest BCUT2D eigenvalue weighted by Crippen LogP contribution is -2.14. The number of nitrogens with zero attached hydrogens (tertiary/aromatic N) is 3. The molecule has 0 radical (unpaired) electrons. The van der Waals surface area contributed by atoms with E-state index in [4.69, 9.17) is 4.74 Å². The van der Waals surface area contributed by atoms with Crippen molar-refractivity contribution in [2.24, 2.45) is 0 Å². The fourth-order valence-electron chi connectivity index (χ4n) is 1.26. The third-order valence-corrected chi connectivity index (χ3v) is 1.94. The van der Waals surface area contributed by atoms with Crippen LogP contribution in [0.3, 0.4) is 0 Å². The van der Waals surface area contributed by atoms with E-state index in [2.05, 4.69) is 15.1 Å². The fourth-order valence-corrected chi connectivity index (χ4v) is 1.26. The zero-order valence-corrected chi connectivity index (χ0v) is 8.39. The quantitative estimate of drug-likeness (QED) is 0.765. The standard InChI is InChI=1S/C9H10N4O2/c1-6-3-4-13(12-6)8-7(15-2)9(14)11-5-10-8/h3-5H,1-2H3,(H,10,11,14). The van der Waals surface area contributed by atoms with Gasteiger partial charge in [-0.3, -0.25) is 4.79 Å². The molecule has 0 amide bonds. The van der Waals surface area contributed by atoms with Crippen LogP contribution in [0, 0.1) is 6.92 Å². The second-order valence-corrected chi connectivity index (χ2v) is 2.99. The normalized spacial score (nSPS) is 10.3. The summed E-state index contributed by atoms with van der Waals surface area (Å²) in [6.45, 7) is 1.86. The Morgan fingerprint density at radius 1 is 1.53 bits per heavy atom. The number of methoxy groups -OCH3 is 1. The lowest BCUT2D eigenvalue weighted by Gasteiger charge is -2.04. The van der Waals surface area contributed by atoms with Gasteiger partial charge >= 0.3 is 0 Å². The first-order valence-corrected chi connectivity index (χ1v) is 4.36. The zero-order valence-electron chi connectivity index (χ0n) is 8.39. The van der Waals surface area contributed by atoms with Crippen molar-refractivity contribution in [2.75, 3.05) is 7.11 Å². The number of rotatable bonds is 2. The van der Waals surface area contributed by atoms with Gasteiger partial charge in [0.1, 0.15) is 0 Å². The van der Waals surface area contributed by atoms with Crippen LogP contribution in [0.5, 0.6) is 5.75 Å². The molecule has 2 rings (SSSR count). The molecule has 0 saturated carbocycles. The maximum atomic E-state index is 11.4. The van der Waals surface area contributed by atoms with E-state index in [1.54, 1.807) is 6.20 Å². The highest BCUT2D eigenvalue weighted by Crippen LogP contribution is 2.12. The van der Waals surface area contributed by atoms with Crippen molar-refractivity contribution in [1.29, 1.82) is 0 Å². The molecule has 6 nitrogen and oxygen atoms in total. The minimum atomic E-state index is -0.323. The molecule has 78 valence electrons. The maximum absolute atomic E-state index is 11.4. The summed E-state index contributed by atoms with van der Waals surface area (Å²) in [5, 5.41) is 4.15. The van der Waals surface area contributed by atoms with Gasteiger partial charge in [-0.15, -0.1) is 0 Å². The Hall–Kier alpha value is -2.11. The fraction of sp³-hybridized carbons (Fsp3) is 0.222. The largest absolute Gasteiger partial charge is 0.488 e. The molecule has 0 aliphatic carbocycles. The monoisotopic (exact) mass is 206 g/mol. The molecule has 15 heavy (non-hydrogen) atoms. The third-order valence-electron chi connectivity index (χ3n) is 1.94. The minimum Gasteiger partial charge on any atom is -0.488 e. The Kier molecular flexibility index (Phi) is 2.24. The summed E-state index contributed by atoms with van der Waals surface area (Å²) in [7, 11) is 1.42. The first-order chi connectivity index (χ1) is 7.22. The maximum Gasteiger partial charge on any atom is 0.295 e. The Bertz CT molecular complexity index is 529. The Morgan fingerprint density at radius 3 is 2.93 bits per heavy atom. The second-order valence-electron chi connectivity index (χ2n) is 2.99. The van der Waals surface area contributed by atoms with Crippen LogP contribution in [0.15, 0.2) is 23.4 Å². The molecule has 0 aromatic carbocycles. The van der Waals surface area contributed by atoms with E-state index < -0.39 is 0 Å². The van der Waals surface area contributed by atoms with Crippen LogP contribution in [0.4, 0.5) is 0 Å². The van der Waals surface area contributed by atoms with Crippen molar-refractivity contribution in [1.82, 2.24) is 19.7 Å². The van der Waals surface area contributed by atoms with Crippen LogP contribution < -0.4 is 10.3 Å². The summed E-state index contributed by atoms with van der Waals surface area (Å²) in [6.07, 6.45) is 3.04. The van der Waals surface area contributed by atoms with Gasteiger partial charge in [0, 0.05) is 6.20 Å². The SMILES string of the molecule is COc1c(-n2ccc(C)n2)nc[nH]c1=O. The van der Waals surface area contributed by atoms with Gasteiger partial charge in [-0.1, -0.05) is 0 Å². The Balaban J connectivity index is 2.62. The molecule has 1 N–H and O–H groups in total. The number of aromatic nitrogens is 4. The number of ether oxygens (including phenoxy) is 1. The minimum absolute atomic E-state index is 0.153. The molecule has 0 saturated heterocycles. The number of aromatic amines is 1. The highest BCUT2D eigenvalue weighted by Gasteiger charge is 2.11. The van der Waals surface area contributed by atoms with E-state index in [-0.39, 0.29) is 11.3 Å². The topological polar surface area (TPSA) is 72.8 Å². The number of hydrogen-bond acceptors (Lipinski definition) is 4. The number of hydrogen-bond donors (Lipinski definition) is 1. The molecule has 0 aliphatic rings. The van der Waals surface area contributed by atoms with Gasteiger partial charge < -0.3 is 9.72 Å². The summed E-state index contributed by atoms with van der Waals surface area (Å²) in [5.74, 6) is 0.537. The van der Waals surface area contributed by atoms with E-state index in [0.29, 0.717) is 5.82 Å². The molecular weight excluding hydrogens is 196 g/mol. The average molecular weight is 206 g/mol. The van der Waals surface area contributed by atoms with Crippen molar-refractivity contribution < 1.29 is 4.74 Å². The average Bonchev–Trinajstić information content (AvgIpc) is 2.64. The van der Waals surface area contributed by atoms with Crippen LogP contribution in [0.2, 0.25) is 0 Å². The first kappa shape index (κ1) is 9.45. The third kappa shape index (κ3) is 1.61. The molecule has 0 spiro atoms. The van der Waals surface area contributed by atoms with E-state index >= 15 is 0 Å². The summed E-state index contributed by atoms with van der Waals surface area (Å²) in [5.41, 5.74) is 0.523. The highest BCUT2D eigenvalue weighted by molar-refractivity contribution is 5.36. The summed E-state index contributed by atoms with van der Waals surface area (Å²) in [4.78, 5) is 17.8. The Morgan fingerprint density at radius 2 is 2.33 bits per heavy atom. The highest BCUT2D eigenvalue weighted by atomic mass is 16.5. The van der Waals surface area contributed by atoms with Crippen molar-refractivity contribution in [3.05, 3.63) is 34.6 Å². The predicted octanol–water partition coefficient (Wildman–Crippen LogP) is 0.273. The van der Waals surface area contributed by atoms with Crippen LogP contribution in [-0.2, 0) is 0 Å². The van der Waals surface area contributed by atoms with Crippen molar-refractivity contribution in [2.45, 2.75) is 6.92 Å². The Labute approximate surface area is 85.5 Å². The van der Waals surface area contributed by atoms with Gasteiger partial charge in [0.05, 0.1) is 19.1 Å². The molecule has 0 bridgehead atoms. The lowest BCUT2D eigenvalue weighted by atomic mass is 10.5. The molecule has 2 aromatic heterocycles. The molecule has 0 aliphatic heterocycles. The zero-order chi connectivity index (χ0) is 10.8. The number of nitrogens with one attached hydrogen (secondary N) is 1. The number of H-pyrrole nitrogens is 1. The van der Waals surface area contributed by atoms with Crippen LogP contribution >= 0.6 is 0 Å². The van der Waals surface area contributed by atoms with E-state index in [1.165, 1.54) is 18.1 Å². The van der Waals surface area contributed by atoms with Gasteiger partial charge in [0.25, 0.3) is 5.56 Å².